The number of sulfone groups is 1. The molecule has 0 amide bonds. The van der Waals surface area contributed by atoms with Crippen LogP contribution in [0.3, 0.4) is 0 Å². The van der Waals surface area contributed by atoms with Gasteiger partial charge in [-0.3, -0.25) is 0 Å². The molecule has 0 spiro atoms. The molecule has 1 aromatic carbocycles. The van der Waals surface area contributed by atoms with E-state index in [1.165, 1.54) is 12.1 Å². The van der Waals surface area contributed by atoms with Crippen molar-refractivity contribution >= 4 is 21.5 Å². The second kappa shape index (κ2) is 4.58. The van der Waals surface area contributed by atoms with Crippen LogP contribution in [-0.4, -0.2) is 48.3 Å². The van der Waals surface area contributed by atoms with Crippen LogP contribution in [0, 0.1) is 0 Å². The van der Waals surface area contributed by atoms with Crippen molar-refractivity contribution in [2.24, 2.45) is 0 Å². The summed E-state index contributed by atoms with van der Waals surface area (Å²) < 4.78 is 22.6. The van der Waals surface area contributed by atoms with E-state index in [4.69, 9.17) is 5.11 Å². The number of carboxylic acid groups (broad SMARTS) is 1. The van der Waals surface area contributed by atoms with Gasteiger partial charge in [-0.25, -0.2) is 13.2 Å². The van der Waals surface area contributed by atoms with E-state index in [1.54, 1.807) is 12.1 Å². The third-order valence-corrected chi connectivity index (χ3v) is 4.52. The third-order valence-electron chi connectivity index (χ3n) is 2.81. The van der Waals surface area contributed by atoms with E-state index in [1.807, 2.05) is 0 Å². The van der Waals surface area contributed by atoms with E-state index in [-0.39, 0.29) is 17.1 Å². The number of hydrogen-bond acceptors (Lipinski definition) is 5. The molecule has 1 fully saturated rings. The first-order valence-corrected chi connectivity index (χ1v) is 7.18. The maximum absolute atomic E-state index is 11.3. The summed E-state index contributed by atoms with van der Waals surface area (Å²) in [5, 5.41) is 21.2. The van der Waals surface area contributed by atoms with Crippen LogP contribution < -0.4 is 5.32 Å². The molecule has 1 aromatic rings. The van der Waals surface area contributed by atoms with Crippen molar-refractivity contribution in [2.75, 3.05) is 16.8 Å². The minimum absolute atomic E-state index is 0.116. The summed E-state index contributed by atoms with van der Waals surface area (Å²) in [6.07, 6.45) is -0.936. The smallest absolute Gasteiger partial charge is 0.335 e. The number of benzene rings is 1. The lowest BCUT2D eigenvalue weighted by atomic mass is 10.1. The first kappa shape index (κ1) is 12.8. The molecule has 1 aliphatic heterocycles. The molecule has 1 saturated heterocycles. The van der Waals surface area contributed by atoms with Gasteiger partial charge in [0.1, 0.15) is 0 Å². The summed E-state index contributed by atoms with van der Waals surface area (Å²) in [5.74, 6) is -1.38. The highest BCUT2D eigenvalue weighted by molar-refractivity contribution is 7.91. The van der Waals surface area contributed by atoms with Gasteiger partial charge in [0.05, 0.1) is 29.2 Å². The van der Waals surface area contributed by atoms with Gasteiger partial charge in [-0.1, -0.05) is 0 Å². The summed E-state index contributed by atoms with van der Waals surface area (Å²) in [4.78, 5) is 10.7. The van der Waals surface area contributed by atoms with E-state index in [0.717, 1.165) is 0 Å². The molecule has 0 radical (unpaired) electrons. The van der Waals surface area contributed by atoms with E-state index >= 15 is 0 Å². The number of rotatable bonds is 3. The number of hydrogen-bond donors (Lipinski definition) is 3. The van der Waals surface area contributed by atoms with Crippen molar-refractivity contribution in [2.45, 2.75) is 12.1 Å². The Hall–Kier alpha value is -1.60. The van der Waals surface area contributed by atoms with Crippen molar-refractivity contribution in [1.82, 2.24) is 0 Å². The van der Waals surface area contributed by atoms with Crippen LogP contribution in [0.15, 0.2) is 24.3 Å². The molecule has 6 nitrogen and oxygen atoms in total. The summed E-state index contributed by atoms with van der Waals surface area (Å²) in [6.45, 7) is 0. The number of aromatic carboxylic acids is 1. The van der Waals surface area contributed by atoms with Crippen LogP contribution in [0.2, 0.25) is 0 Å². The normalized spacial score (nSPS) is 25.8. The summed E-state index contributed by atoms with van der Waals surface area (Å²) >= 11 is 0. The molecule has 7 heteroatoms. The minimum Gasteiger partial charge on any atom is -0.478 e. The minimum atomic E-state index is -3.19. The maximum Gasteiger partial charge on any atom is 0.335 e. The van der Waals surface area contributed by atoms with E-state index in [9.17, 15) is 18.3 Å². The van der Waals surface area contributed by atoms with Gasteiger partial charge in [0.2, 0.25) is 0 Å². The zero-order valence-electron chi connectivity index (χ0n) is 9.41. The van der Waals surface area contributed by atoms with Gasteiger partial charge >= 0.3 is 5.97 Å². The molecular weight excluding hydrogens is 258 g/mol. The zero-order valence-corrected chi connectivity index (χ0v) is 10.2. The van der Waals surface area contributed by atoms with E-state index < -0.39 is 28.0 Å². The molecule has 2 atom stereocenters. The van der Waals surface area contributed by atoms with Gasteiger partial charge < -0.3 is 15.5 Å². The average molecular weight is 271 g/mol. The average Bonchev–Trinajstić information content (AvgIpc) is 2.52. The topological polar surface area (TPSA) is 104 Å². The van der Waals surface area contributed by atoms with Crippen LogP contribution in [0.5, 0.6) is 0 Å². The second-order valence-corrected chi connectivity index (χ2v) is 6.43. The first-order chi connectivity index (χ1) is 8.37. The molecule has 2 rings (SSSR count). The molecule has 1 heterocycles. The van der Waals surface area contributed by atoms with Crippen molar-refractivity contribution in [1.29, 1.82) is 0 Å². The van der Waals surface area contributed by atoms with Gasteiger partial charge in [0, 0.05) is 5.69 Å². The van der Waals surface area contributed by atoms with Crippen LogP contribution in [-0.2, 0) is 9.84 Å². The van der Waals surface area contributed by atoms with Crippen molar-refractivity contribution in [3.8, 4) is 0 Å². The van der Waals surface area contributed by atoms with Crippen molar-refractivity contribution in [3.05, 3.63) is 29.8 Å². The first-order valence-electron chi connectivity index (χ1n) is 5.36. The fraction of sp³-hybridized carbons (Fsp3) is 0.364. The highest BCUT2D eigenvalue weighted by atomic mass is 32.2. The molecule has 0 saturated carbocycles. The predicted molar refractivity (Wildman–Crippen MR) is 65.5 cm³/mol. The Balaban J connectivity index is 2.08. The molecule has 98 valence electrons. The van der Waals surface area contributed by atoms with Gasteiger partial charge in [0.25, 0.3) is 0 Å². The molecule has 18 heavy (non-hydrogen) atoms. The van der Waals surface area contributed by atoms with Crippen molar-refractivity contribution < 1.29 is 23.4 Å². The highest BCUT2D eigenvalue weighted by Gasteiger charge is 2.36. The molecule has 0 aromatic heterocycles. The molecule has 0 unspecified atom stereocenters. The lowest BCUT2D eigenvalue weighted by Crippen LogP contribution is -2.31. The van der Waals surface area contributed by atoms with E-state index in [0.29, 0.717) is 5.69 Å². The van der Waals surface area contributed by atoms with Crippen LogP contribution in [0.4, 0.5) is 5.69 Å². The standard InChI is InChI=1S/C11H13NO5S/c13-10-6-18(16,17)5-9(10)12-8-3-1-7(2-4-8)11(14)15/h1-4,9-10,12-13H,5-6H2,(H,14,15)/t9-,10+/m1/s1. The van der Waals surface area contributed by atoms with Gasteiger partial charge in [-0.05, 0) is 24.3 Å². The number of anilines is 1. The summed E-state index contributed by atoms with van der Waals surface area (Å²) in [7, 11) is -3.19. The molecule has 0 aliphatic carbocycles. The summed E-state index contributed by atoms with van der Waals surface area (Å²) in [5.41, 5.74) is 0.737. The van der Waals surface area contributed by atoms with E-state index in [2.05, 4.69) is 5.32 Å². The monoisotopic (exact) mass is 271 g/mol. The fourth-order valence-corrected chi connectivity index (χ4v) is 3.63. The number of nitrogens with one attached hydrogen (secondary N) is 1. The quantitative estimate of drug-likeness (QED) is 0.712. The summed E-state index contributed by atoms with van der Waals surface area (Å²) in [6, 6.07) is 5.37. The molecular formula is C11H13NO5S. The number of carboxylic acids is 1. The largest absolute Gasteiger partial charge is 0.478 e. The Morgan fingerprint density at radius 2 is 1.83 bits per heavy atom. The van der Waals surface area contributed by atoms with Gasteiger partial charge in [-0.2, -0.15) is 0 Å². The maximum atomic E-state index is 11.3. The Kier molecular flexibility index (Phi) is 3.27. The molecule has 3 N–H and O–H groups in total. The SMILES string of the molecule is O=C(O)c1ccc(N[C@@H]2CS(=O)(=O)C[C@@H]2O)cc1. The number of aliphatic hydroxyl groups excluding tert-OH is 1. The number of carbonyl (C=O) groups is 1. The molecule has 0 bridgehead atoms. The lowest BCUT2D eigenvalue weighted by Gasteiger charge is -2.16. The zero-order chi connectivity index (χ0) is 13.3. The second-order valence-electron chi connectivity index (χ2n) is 4.28. The Bertz CT molecular complexity index is 551. The Morgan fingerprint density at radius 3 is 2.28 bits per heavy atom. The Morgan fingerprint density at radius 1 is 1.22 bits per heavy atom. The van der Waals surface area contributed by atoms with Crippen LogP contribution in [0.1, 0.15) is 10.4 Å². The molecule has 1 aliphatic rings. The van der Waals surface area contributed by atoms with Crippen molar-refractivity contribution in [3.63, 3.8) is 0 Å². The van der Waals surface area contributed by atoms with Crippen LogP contribution in [0.25, 0.3) is 0 Å². The van der Waals surface area contributed by atoms with Gasteiger partial charge in [-0.15, -0.1) is 0 Å². The van der Waals surface area contributed by atoms with Gasteiger partial charge in [0.15, 0.2) is 9.84 Å². The Labute approximate surface area is 104 Å². The predicted octanol–water partition coefficient (Wildman–Crippen LogP) is -0.0454. The number of aliphatic hydroxyl groups is 1. The van der Waals surface area contributed by atoms with Crippen LogP contribution >= 0.6 is 0 Å². The third kappa shape index (κ3) is 2.80. The fourth-order valence-electron chi connectivity index (χ4n) is 1.89. The lowest BCUT2D eigenvalue weighted by molar-refractivity contribution is 0.0697. The highest BCUT2D eigenvalue weighted by Crippen LogP contribution is 2.18.